The fourth-order valence-electron chi connectivity index (χ4n) is 2.38. The number of rotatable bonds is 3. The Hall–Kier alpha value is -1.66. The van der Waals surface area contributed by atoms with E-state index in [1.54, 1.807) is 11.3 Å². The summed E-state index contributed by atoms with van der Waals surface area (Å²) in [5.41, 5.74) is 7.94. The van der Waals surface area contributed by atoms with Crippen LogP contribution in [-0.2, 0) is 0 Å². The molecule has 3 heterocycles. The number of aromatic nitrogens is 2. The van der Waals surface area contributed by atoms with Crippen molar-refractivity contribution in [2.45, 2.75) is 13.0 Å². The maximum Gasteiger partial charge on any atom is 0.185 e. The fourth-order valence-corrected chi connectivity index (χ4v) is 3.08. The Bertz CT molecular complexity index is 529. The van der Waals surface area contributed by atoms with Gasteiger partial charge in [0.15, 0.2) is 5.13 Å². The summed E-state index contributed by atoms with van der Waals surface area (Å²) in [5.74, 6) is 0. The van der Waals surface area contributed by atoms with Crippen LogP contribution in [0.1, 0.15) is 18.7 Å². The summed E-state index contributed by atoms with van der Waals surface area (Å²) in [6, 6.07) is 4.13. The lowest BCUT2D eigenvalue weighted by Gasteiger charge is -2.35. The molecule has 0 spiro atoms. The van der Waals surface area contributed by atoms with E-state index in [0.717, 1.165) is 37.0 Å². The average molecular weight is 289 g/mol. The molecular formula is C14H19N5S. The normalized spacial score (nSPS) is 17.3. The molecule has 0 aliphatic carbocycles. The first-order valence-corrected chi connectivity index (χ1v) is 7.73. The third kappa shape index (κ3) is 2.76. The van der Waals surface area contributed by atoms with Crippen LogP contribution in [0, 0.1) is 0 Å². The van der Waals surface area contributed by atoms with Crippen molar-refractivity contribution >= 4 is 22.2 Å². The zero-order chi connectivity index (χ0) is 13.9. The lowest BCUT2D eigenvalue weighted by atomic mass is 10.2. The van der Waals surface area contributed by atoms with Gasteiger partial charge < -0.3 is 15.5 Å². The molecule has 3 rings (SSSR count). The van der Waals surface area contributed by atoms with Gasteiger partial charge in [0.05, 0.1) is 17.6 Å². The number of nitrogens with two attached hydrogens (primary N) is 1. The molecule has 1 saturated heterocycles. The summed E-state index contributed by atoms with van der Waals surface area (Å²) in [7, 11) is 0. The lowest BCUT2D eigenvalue weighted by molar-refractivity contribution is 0.650. The molecule has 20 heavy (non-hydrogen) atoms. The minimum absolute atomic E-state index is 0.00852. The van der Waals surface area contributed by atoms with Crippen LogP contribution in [0.5, 0.6) is 0 Å². The molecule has 0 amide bonds. The fraction of sp³-hybridized carbons (Fsp3) is 0.429. The van der Waals surface area contributed by atoms with Crippen LogP contribution in [0.3, 0.4) is 0 Å². The summed E-state index contributed by atoms with van der Waals surface area (Å²) in [4.78, 5) is 13.5. The van der Waals surface area contributed by atoms with Crippen molar-refractivity contribution in [3.05, 3.63) is 35.6 Å². The molecule has 1 aliphatic rings. The van der Waals surface area contributed by atoms with Gasteiger partial charge >= 0.3 is 0 Å². The van der Waals surface area contributed by atoms with Gasteiger partial charge in [-0.3, -0.25) is 4.98 Å². The number of anilines is 2. The van der Waals surface area contributed by atoms with Crippen molar-refractivity contribution in [2.24, 2.45) is 5.73 Å². The third-order valence-corrected chi connectivity index (χ3v) is 4.40. The van der Waals surface area contributed by atoms with E-state index in [-0.39, 0.29) is 6.04 Å². The molecule has 1 atom stereocenters. The van der Waals surface area contributed by atoms with Gasteiger partial charge in [-0.1, -0.05) is 0 Å². The number of piperazine rings is 1. The van der Waals surface area contributed by atoms with Crippen molar-refractivity contribution in [1.29, 1.82) is 0 Å². The highest BCUT2D eigenvalue weighted by molar-refractivity contribution is 7.13. The van der Waals surface area contributed by atoms with Gasteiger partial charge in [0, 0.05) is 43.8 Å². The second-order valence-corrected chi connectivity index (χ2v) is 5.89. The topological polar surface area (TPSA) is 58.3 Å². The maximum atomic E-state index is 5.83. The Morgan fingerprint density at radius 3 is 2.45 bits per heavy atom. The maximum absolute atomic E-state index is 5.83. The van der Waals surface area contributed by atoms with Gasteiger partial charge in [0.25, 0.3) is 0 Å². The number of nitrogens with zero attached hydrogens (tertiary/aromatic N) is 4. The third-order valence-electron chi connectivity index (χ3n) is 3.57. The van der Waals surface area contributed by atoms with E-state index in [0.29, 0.717) is 0 Å². The standard InChI is InChI=1S/C14H19N5S/c1-11(15)13-3-2-12(10-17-13)18-5-7-19(8-6-18)14-16-4-9-20-14/h2-4,9-11H,5-8,15H2,1H3/t11-/m1/s1. The van der Waals surface area contributed by atoms with Crippen LogP contribution in [0.15, 0.2) is 29.9 Å². The highest BCUT2D eigenvalue weighted by Crippen LogP contribution is 2.22. The van der Waals surface area contributed by atoms with Gasteiger partial charge in [-0.2, -0.15) is 0 Å². The van der Waals surface area contributed by atoms with E-state index in [1.807, 2.05) is 30.8 Å². The number of pyridine rings is 1. The van der Waals surface area contributed by atoms with E-state index in [4.69, 9.17) is 5.73 Å². The molecule has 0 radical (unpaired) electrons. The summed E-state index contributed by atoms with van der Waals surface area (Å²) >= 11 is 1.70. The van der Waals surface area contributed by atoms with Gasteiger partial charge in [-0.15, -0.1) is 11.3 Å². The predicted molar refractivity (Wildman–Crippen MR) is 83.4 cm³/mol. The number of hydrogen-bond donors (Lipinski definition) is 1. The number of hydrogen-bond acceptors (Lipinski definition) is 6. The molecule has 0 aromatic carbocycles. The van der Waals surface area contributed by atoms with Gasteiger partial charge in [0.1, 0.15) is 0 Å². The van der Waals surface area contributed by atoms with Crippen LogP contribution in [-0.4, -0.2) is 36.1 Å². The smallest absolute Gasteiger partial charge is 0.185 e. The summed E-state index contributed by atoms with van der Waals surface area (Å²) in [5, 5.41) is 3.15. The Kier molecular flexibility index (Phi) is 3.84. The minimum atomic E-state index is -0.00852. The molecule has 0 unspecified atom stereocenters. The molecule has 0 saturated carbocycles. The van der Waals surface area contributed by atoms with Crippen molar-refractivity contribution in [2.75, 3.05) is 36.0 Å². The Balaban J connectivity index is 1.63. The average Bonchev–Trinajstić information content (AvgIpc) is 3.02. The summed E-state index contributed by atoms with van der Waals surface area (Å²) in [6.07, 6.45) is 3.79. The van der Waals surface area contributed by atoms with E-state index in [9.17, 15) is 0 Å². The van der Waals surface area contributed by atoms with E-state index in [1.165, 1.54) is 5.69 Å². The monoisotopic (exact) mass is 289 g/mol. The van der Waals surface area contributed by atoms with Crippen LogP contribution in [0.25, 0.3) is 0 Å². The molecule has 1 fully saturated rings. The second-order valence-electron chi connectivity index (χ2n) is 5.02. The van der Waals surface area contributed by atoms with Crippen molar-refractivity contribution in [3.8, 4) is 0 Å². The predicted octanol–water partition coefficient (Wildman–Crippen LogP) is 1.88. The first-order chi connectivity index (χ1) is 9.74. The zero-order valence-corrected chi connectivity index (χ0v) is 12.4. The van der Waals surface area contributed by atoms with Gasteiger partial charge in [-0.05, 0) is 19.1 Å². The molecule has 6 heteroatoms. The van der Waals surface area contributed by atoms with Crippen LogP contribution in [0.2, 0.25) is 0 Å². The largest absolute Gasteiger partial charge is 0.367 e. The van der Waals surface area contributed by atoms with Crippen molar-refractivity contribution < 1.29 is 0 Å². The molecule has 1 aliphatic heterocycles. The minimum Gasteiger partial charge on any atom is -0.367 e. The first-order valence-electron chi connectivity index (χ1n) is 6.85. The highest BCUT2D eigenvalue weighted by Gasteiger charge is 2.19. The van der Waals surface area contributed by atoms with Crippen LogP contribution < -0.4 is 15.5 Å². The Morgan fingerprint density at radius 2 is 1.90 bits per heavy atom. The van der Waals surface area contributed by atoms with Crippen LogP contribution in [0.4, 0.5) is 10.8 Å². The SMILES string of the molecule is C[C@@H](N)c1ccc(N2CCN(c3nccs3)CC2)cn1. The molecule has 106 valence electrons. The number of thiazole rings is 1. The van der Waals surface area contributed by atoms with Crippen LogP contribution >= 0.6 is 11.3 Å². The van der Waals surface area contributed by atoms with E-state index < -0.39 is 0 Å². The van der Waals surface area contributed by atoms with E-state index >= 15 is 0 Å². The molecule has 2 aromatic heterocycles. The zero-order valence-electron chi connectivity index (χ0n) is 11.6. The van der Waals surface area contributed by atoms with Gasteiger partial charge in [-0.25, -0.2) is 4.98 Å². The first kappa shape index (κ1) is 13.3. The molecular weight excluding hydrogens is 270 g/mol. The summed E-state index contributed by atoms with van der Waals surface area (Å²) in [6.45, 7) is 5.96. The Labute approximate surface area is 123 Å². The van der Waals surface area contributed by atoms with Crippen molar-refractivity contribution in [3.63, 3.8) is 0 Å². The lowest BCUT2D eigenvalue weighted by Crippen LogP contribution is -2.46. The Morgan fingerprint density at radius 1 is 1.15 bits per heavy atom. The quantitative estimate of drug-likeness (QED) is 0.935. The summed E-state index contributed by atoms with van der Waals surface area (Å²) < 4.78 is 0. The van der Waals surface area contributed by atoms with Gasteiger partial charge in [0.2, 0.25) is 0 Å². The molecule has 2 N–H and O–H groups in total. The molecule has 5 nitrogen and oxygen atoms in total. The second kappa shape index (κ2) is 5.76. The highest BCUT2D eigenvalue weighted by atomic mass is 32.1. The molecule has 0 bridgehead atoms. The van der Waals surface area contributed by atoms with E-state index in [2.05, 4.69) is 25.8 Å². The molecule has 2 aromatic rings. The van der Waals surface area contributed by atoms with Crippen molar-refractivity contribution in [1.82, 2.24) is 9.97 Å².